The van der Waals surface area contributed by atoms with Crippen LogP contribution in [0.2, 0.25) is 0 Å². The summed E-state index contributed by atoms with van der Waals surface area (Å²) in [7, 11) is 1.44. The van der Waals surface area contributed by atoms with Crippen molar-refractivity contribution in [3.63, 3.8) is 0 Å². The van der Waals surface area contributed by atoms with Crippen molar-refractivity contribution in [2.24, 2.45) is 5.92 Å². The van der Waals surface area contributed by atoms with E-state index in [1.165, 1.54) is 44.8 Å². The molecule has 1 aliphatic rings. The van der Waals surface area contributed by atoms with E-state index in [2.05, 4.69) is 6.92 Å². The summed E-state index contributed by atoms with van der Waals surface area (Å²) in [5.41, 5.74) is 2.04. The highest BCUT2D eigenvalue weighted by Crippen LogP contribution is 2.31. The minimum atomic E-state index is -0.173. The Kier molecular flexibility index (Phi) is 4.18. The van der Waals surface area contributed by atoms with Crippen molar-refractivity contribution < 1.29 is 9.53 Å². The van der Waals surface area contributed by atoms with Gasteiger partial charge in [0.15, 0.2) is 0 Å². The van der Waals surface area contributed by atoms with Crippen LogP contribution in [0.4, 0.5) is 0 Å². The molecule has 0 unspecified atom stereocenters. The number of allylic oxidation sites excluding steroid dienone is 1. The summed E-state index contributed by atoms with van der Waals surface area (Å²) in [4.78, 5) is 11.3. The van der Waals surface area contributed by atoms with Gasteiger partial charge in [0.05, 0.1) is 7.11 Å². The summed E-state index contributed by atoms with van der Waals surface area (Å²) in [6.07, 6.45) is 6.42. The van der Waals surface area contributed by atoms with Crippen LogP contribution in [-0.2, 0) is 9.53 Å². The number of hydrogen-bond acceptors (Lipinski definition) is 2. The molecule has 0 aromatic heterocycles. The summed E-state index contributed by atoms with van der Waals surface area (Å²) >= 11 is 0. The van der Waals surface area contributed by atoms with Gasteiger partial charge < -0.3 is 4.74 Å². The lowest BCUT2D eigenvalue weighted by Gasteiger charge is -2.23. The Morgan fingerprint density at radius 1 is 1.14 bits per heavy atom. The van der Waals surface area contributed by atoms with Crippen LogP contribution in [0, 0.1) is 5.92 Å². The van der Waals surface area contributed by atoms with Crippen molar-refractivity contribution in [3.05, 3.63) is 11.1 Å². The molecular weight excluding hydrogens is 176 g/mol. The zero-order valence-electron chi connectivity index (χ0n) is 9.43. The van der Waals surface area contributed by atoms with Crippen molar-refractivity contribution in [1.29, 1.82) is 0 Å². The average molecular weight is 196 g/mol. The van der Waals surface area contributed by atoms with Crippen LogP contribution in [0.1, 0.15) is 46.0 Å². The third kappa shape index (κ3) is 2.60. The third-order valence-electron chi connectivity index (χ3n) is 3.30. The number of esters is 1. The van der Waals surface area contributed by atoms with E-state index in [0.29, 0.717) is 5.92 Å². The largest absolute Gasteiger partial charge is 0.466 e. The van der Waals surface area contributed by atoms with Crippen molar-refractivity contribution >= 4 is 5.97 Å². The van der Waals surface area contributed by atoms with Gasteiger partial charge in [-0.25, -0.2) is 4.79 Å². The van der Waals surface area contributed by atoms with Gasteiger partial charge >= 0.3 is 5.97 Å². The van der Waals surface area contributed by atoms with Gasteiger partial charge in [-0.15, -0.1) is 0 Å². The Morgan fingerprint density at radius 3 is 2.21 bits per heavy atom. The first-order valence-corrected chi connectivity index (χ1v) is 5.42. The molecule has 1 saturated carbocycles. The van der Waals surface area contributed by atoms with Crippen LogP contribution in [0.25, 0.3) is 0 Å². The lowest BCUT2D eigenvalue weighted by molar-refractivity contribution is -0.136. The Hall–Kier alpha value is -0.790. The Balaban J connectivity index is 2.69. The van der Waals surface area contributed by atoms with Crippen molar-refractivity contribution in [1.82, 2.24) is 0 Å². The summed E-state index contributed by atoms with van der Waals surface area (Å²) in [5.74, 6) is 0.441. The quantitative estimate of drug-likeness (QED) is 0.501. The number of rotatable bonds is 2. The van der Waals surface area contributed by atoms with Gasteiger partial charge in [-0.2, -0.15) is 0 Å². The van der Waals surface area contributed by atoms with Gasteiger partial charge in [0, 0.05) is 5.57 Å². The molecule has 14 heavy (non-hydrogen) atoms. The molecule has 0 spiro atoms. The second-order valence-electron chi connectivity index (χ2n) is 4.13. The number of carbonyl (C=O) groups excluding carboxylic acids is 1. The molecule has 1 rings (SSSR count). The lowest BCUT2D eigenvalue weighted by Crippen LogP contribution is -2.12. The molecule has 0 saturated heterocycles. The van der Waals surface area contributed by atoms with Crippen molar-refractivity contribution in [3.8, 4) is 0 Å². The predicted octanol–water partition coefficient (Wildman–Crippen LogP) is 3.08. The zero-order chi connectivity index (χ0) is 10.6. The lowest BCUT2D eigenvalue weighted by atomic mass is 9.83. The van der Waals surface area contributed by atoms with E-state index in [0.717, 1.165) is 5.57 Å². The number of ether oxygens (including phenoxy) is 1. The van der Waals surface area contributed by atoms with Crippen LogP contribution < -0.4 is 0 Å². The van der Waals surface area contributed by atoms with E-state index in [-0.39, 0.29) is 5.97 Å². The van der Waals surface area contributed by atoms with E-state index in [1.807, 2.05) is 6.92 Å². The smallest absolute Gasteiger partial charge is 0.333 e. The normalized spacial score (nSPS) is 20.2. The molecular formula is C12H20O2. The molecule has 0 aliphatic heterocycles. The Bertz CT molecular complexity index is 235. The molecule has 1 aliphatic carbocycles. The van der Waals surface area contributed by atoms with Crippen molar-refractivity contribution in [2.45, 2.75) is 46.0 Å². The maximum atomic E-state index is 11.3. The highest BCUT2D eigenvalue weighted by Gasteiger charge is 2.19. The topological polar surface area (TPSA) is 26.3 Å². The molecule has 0 aromatic carbocycles. The van der Waals surface area contributed by atoms with Crippen LogP contribution in [0.3, 0.4) is 0 Å². The van der Waals surface area contributed by atoms with E-state index in [4.69, 9.17) is 4.74 Å². The van der Waals surface area contributed by atoms with E-state index in [1.54, 1.807) is 0 Å². The fourth-order valence-corrected chi connectivity index (χ4v) is 2.16. The number of hydrogen-bond donors (Lipinski definition) is 0. The fraction of sp³-hybridized carbons (Fsp3) is 0.750. The van der Waals surface area contributed by atoms with Gasteiger partial charge in [-0.05, 0) is 32.6 Å². The van der Waals surface area contributed by atoms with Crippen LogP contribution in [0.15, 0.2) is 11.1 Å². The molecule has 2 heteroatoms. The first kappa shape index (κ1) is 11.3. The average Bonchev–Trinajstić information content (AvgIpc) is 2.27. The molecule has 80 valence electrons. The van der Waals surface area contributed by atoms with Gasteiger partial charge in [-0.1, -0.05) is 24.8 Å². The fourth-order valence-electron chi connectivity index (χ4n) is 2.16. The number of methoxy groups -OCH3 is 1. The maximum absolute atomic E-state index is 11.3. The highest BCUT2D eigenvalue weighted by atomic mass is 16.5. The van der Waals surface area contributed by atoms with Gasteiger partial charge in [-0.3, -0.25) is 0 Å². The molecule has 1 fully saturated rings. The van der Waals surface area contributed by atoms with Crippen molar-refractivity contribution in [2.75, 3.05) is 7.11 Å². The molecule has 0 aromatic rings. The summed E-state index contributed by atoms with van der Waals surface area (Å²) < 4.78 is 4.73. The molecule has 0 heterocycles. The summed E-state index contributed by atoms with van der Waals surface area (Å²) in [6, 6.07) is 0. The molecule has 0 atom stereocenters. The summed E-state index contributed by atoms with van der Waals surface area (Å²) in [5, 5.41) is 0. The minimum absolute atomic E-state index is 0.173. The summed E-state index contributed by atoms with van der Waals surface area (Å²) in [6.45, 7) is 3.94. The van der Waals surface area contributed by atoms with E-state index < -0.39 is 0 Å². The van der Waals surface area contributed by atoms with Gasteiger partial charge in [0.1, 0.15) is 0 Å². The Morgan fingerprint density at radius 2 is 1.71 bits per heavy atom. The van der Waals surface area contributed by atoms with Crippen LogP contribution in [-0.4, -0.2) is 13.1 Å². The maximum Gasteiger partial charge on any atom is 0.333 e. The molecule has 0 radical (unpaired) electrons. The van der Waals surface area contributed by atoms with Crippen LogP contribution in [0.5, 0.6) is 0 Å². The minimum Gasteiger partial charge on any atom is -0.466 e. The standard InChI is InChI=1S/C12H20O2/c1-9(10(2)12(13)14-3)11-7-5-4-6-8-11/h11H,4-8H2,1-3H3. The molecule has 0 amide bonds. The highest BCUT2D eigenvalue weighted by molar-refractivity contribution is 5.88. The SMILES string of the molecule is COC(=O)C(C)=C(C)C1CCCCC1. The second kappa shape index (κ2) is 5.18. The first-order chi connectivity index (χ1) is 6.66. The first-order valence-electron chi connectivity index (χ1n) is 5.42. The molecule has 0 bridgehead atoms. The van der Waals surface area contributed by atoms with Gasteiger partial charge in [0.25, 0.3) is 0 Å². The predicted molar refractivity (Wildman–Crippen MR) is 57.0 cm³/mol. The Labute approximate surface area is 86.3 Å². The number of carbonyl (C=O) groups is 1. The van der Waals surface area contributed by atoms with Crippen LogP contribution >= 0.6 is 0 Å². The molecule has 0 N–H and O–H groups in total. The zero-order valence-corrected chi connectivity index (χ0v) is 9.43. The second-order valence-corrected chi connectivity index (χ2v) is 4.13. The van der Waals surface area contributed by atoms with Gasteiger partial charge in [0.2, 0.25) is 0 Å². The molecule has 2 nitrogen and oxygen atoms in total. The van der Waals surface area contributed by atoms with E-state index in [9.17, 15) is 4.79 Å². The monoisotopic (exact) mass is 196 g/mol. The third-order valence-corrected chi connectivity index (χ3v) is 3.30. The van der Waals surface area contributed by atoms with E-state index >= 15 is 0 Å².